The molecule has 0 saturated carbocycles. The highest BCUT2D eigenvalue weighted by atomic mass is 35.5. The van der Waals surface area contributed by atoms with Gasteiger partial charge in [-0.3, -0.25) is 4.79 Å². The fourth-order valence-electron chi connectivity index (χ4n) is 2.30. The lowest BCUT2D eigenvalue weighted by Gasteiger charge is -2.06. The number of allylic oxidation sites excluding steroid dienone is 1. The van der Waals surface area contributed by atoms with Crippen LogP contribution in [0.25, 0.3) is 11.2 Å². The number of aromatic nitrogens is 4. The summed E-state index contributed by atoms with van der Waals surface area (Å²) in [5, 5.41) is 3.17. The van der Waals surface area contributed by atoms with Gasteiger partial charge in [-0.15, -0.1) is 0 Å². The monoisotopic (exact) mass is 341 g/mol. The third-order valence-corrected chi connectivity index (χ3v) is 3.63. The highest BCUT2D eigenvalue weighted by molar-refractivity contribution is 6.33. The van der Waals surface area contributed by atoms with E-state index in [-0.39, 0.29) is 5.91 Å². The first-order valence-corrected chi connectivity index (χ1v) is 7.77. The average molecular weight is 342 g/mol. The summed E-state index contributed by atoms with van der Waals surface area (Å²) < 4.78 is 1.90. The molecule has 0 saturated heterocycles. The highest BCUT2D eigenvalue weighted by Crippen LogP contribution is 2.18. The summed E-state index contributed by atoms with van der Waals surface area (Å²) in [6.07, 6.45) is 4.68. The van der Waals surface area contributed by atoms with Crippen LogP contribution >= 0.6 is 11.6 Å². The van der Waals surface area contributed by atoms with Crippen molar-refractivity contribution in [2.45, 2.75) is 20.4 Å². The zero-order valence-electron chi connectivity index (χ0n) is 13.3. The number of amides is 1. The van der Waals surface area contributed by atoms with E-state index >= 15 is 0 Å². The molecule has 6 nitrogen and oxygen atoms in total. The van der Waals surface area contributed by atoms with Crippen LogP contribution in [-0.2, 0) is 11.3 Å². The number of rotatable bonds is 4. The molecule has 3 aromatic rings. The van der Waals surface area contributed by atoms with Crippen molar-refractivity contribution in [2.24, 2.45) is 0 Å². The quantitative estimate of drug-likeness (QED) is 0.583. The molecule has 0 aliphatic rings. The van der Waals surface area contributed by atoms with Crippen molar-refractivity contribution in [3.8, 4) is 0 Å². The van der Waals surface area contributed by atoms with E-state index in [2.05, 4.69) is 20.3 Å². The van der Waals surface area contributed by atoms with Crippen molar-refractivity contribution in [3.05, 3.63) is 59.3 Å². The number of carbonyl (C=O) groups excluding carboxylic acids is 1. The third-order valence-electron chi connectivity index (χ3n) is 3.35. The van der Waals surface area contributed by atoms with Crippen molar-refractivity contribution in [1.82, 2.24) is 19.5 Å². The average Bonchev–Trinajstić information content (AvgIpc) is 2.93. The minimum absolute atomic E-state index is 0.130. The van der Waals surface area contributed by atoms with Crippen LogP contribution in [0, 0.1) is 0 Å². The van der Waals surface area contributed by atoms with Crippen LogP contribution in [0.2, 0.25) is 5.15 Å². The highest BCUT2D eigenvalue weighted by Gasteiger charge is 2.08. The fraction of sp³-hybridized carbons (Fsp3) is 0.176. The van der Waals surface area contributed by atoms with Crippen molar-refractivity contribution >= 4 is 34.4 Å². The van der Waals surface area contributed by atoms with E-state index in [1.165, 1.54) is 6.33 Å². The summed E-state index contributed by atoms with van der Waals surface area (Å²) in [5.41, 5.74) is 4.05. The first kappa shape index (κ1) is 16.1. The van der Waals surface area contributed by atoms with E-state index in [1.54, 1.807) is 12.4 Å². The van der Waals surface area contributed by atoms with Crippen molar-refractivity contribution < 1.29 is 4.79 Å². The number of anilines is 1. The number of halogens is 1. The second-order valence-electron chi connectivity index (χ2n) is 5.62. The molecule has 0 spiro atoms. The Balaban J connectivity index is 1.75. The molecule has 0 aliphatic heterocycles. The Kier molecular flexibility index (Phi) is 4.57. The molecule has 24 heavy (non-hydrogen) atoms. The van der Waals surface area contributed by atoms with Gasteiger partial charge in [0.1, 0.15) is 11.8 Å². The Hall–Kier alpha value is -2.73. The first-order valence-electron chi connectivity index (χ1n) is 7.39. The zero-order valence-corrected chi connectivity index (χ0v) is 14.1. The third kappa shape index (κ3) is 3.60. The van der Waals surface area contributed by atoms with Gasteiger partial charge in [-0.1, -0.05) is 29.3 Å². The molecule has 1 N–H and O–H groups in total. The van der Waals surface area contributed by atoms with E-state index in [1.807, 2.05) is 42.7 Å². The lowest BCUT2D eigenvalue weighted by molar-refractivity contribution is -0.111. The van der Waals surface area contributed by atoms with Gasteiger partial charge in [0.15, 0.2) is 10.8 Å². The molecule has 3 rings (SSSR count). The fourth-order valence-corrected chi connectivity index (χ4v) is 2.48. The van der Waals surface area contributed by atoms with Crippen molar-refractivity contribution in [2.75, 3.05) is 5.32 Å². The molecular weight excluding hydrogens is 326 g/mol. The zero-order chi connectivity index (χ0) is 17.1. The van der Waals surface area contributed by atoms with Crippen LogP contribution < -0.4 is 5.32 Å². The summed E-state index contributed by atoms with van der Waals surface area (Å²) >= 11 is 6.01. The van der Waals surface area contributed by atoms with Gasteiger partial charge < -0.3 is 9.88 Å². The SMILES string of the molecule is CC(C)=CC(=O)Nc1ccc(Cn2cnc3c(Cl)ncnc32)cc1. The van der Waals surface area contributed by atoms with E-state index in [4.69, 9.17) is 11.6 Å². The number of carbonyl (C=O) groups is 1. The van der Waals surface area contributed by atoms with Crippen LogP contribution in [0.15, 0.2) is 48.6 Å². The first-order chi connectivity index (χ1) is 11.5. The molecule has 0 bridgehead atoms. The number of fused-ring (bicyclic) bond motifs is 1. The summed E-state index contributed by atoms with van der Waals surface area (Å²) in [4.78, 5) is 24.1. The van der Waals surface area contributed by atoms with Crippen LogP contribution in [0.5, 0.6) is 0 Å². The Bertz CT molecular complexity index is 910. The van der Waals surface area contributed by atoms with Gasteiger partial charge in [-0.05, 0) is 31.5 Å². The smallest absolute Gasteiger partial charge is 0.248 e. The van der Waals surface area contributed by atoms with Crippen molar-refractivity contribution in [3.63, 3.8) is 0 Å². The molecule has 0 atom stereocenters. The molecule has 1 aromatic carbocycles. The molecule has 2 heterocycles. The molecule has 0 radical (unpaired) electrons. The summed E-state index contributed by atoms with van der Waals surface area (Å²) in [5.74, 6) is -0.130. The largest absolute Gasteiger partial charge is 0.323 e. The number of nitrogens with one attached hydrogen (secondary N) is 1. The van der Waals surface area contributed by atoms with E-state index in [0.29, 0.717) is 22.9 Å². The lowest BCUT2D eigenvalue weighted by atomic mass is 10.2. The molecule has 1 amide bonds. The van der Waals surface area contributed by atoms with Gasteiger partial charge in [0.25, 0.3) is 0 Å². The van der Waals surface area contributed by atoms with Gasteiger partial charge in [0, 0.05) is 11.8 Å². The summed E-state index contributed by atoms with van der Waals surface area (Å²) in [6, 6.07) is 7.64. The number of hydrogen-bond donors (Lipinski definition) is 1. The van der Waals surface area contributed by atoms with Gasteiger partial charge in [0.2, 0.25) is 5.91 Å². The molecule has 0 unspecified atom stereocenters. The van der Waals surface area contributed by atoms with Gasteiger partial charge >= 0.3 is 0 Å². The van der Waals surface area contributed by atoms with Crippen LogP contribution in [0.1, 0.15) is 19.4 Å². The Morgan fingerprint density at radius 2 is 1.96 bits per heavy atom. The maximum atomic E-state index is 11.7. The summed E-state index contributed by atoms with van der Waals surface area (Å²) in [7, 11) is 0. The second-order valence-corrected chi connectivity index (χ2v) is 5.98. The van der Waals surface area contributed by atoms with E-state index in [9.17, 15) is 4.79 Å². The molecule has 0 aliphatic carbocycles. The minimum Gasteiger partial charge on any atom is -0.323 e. The second kappa shape index (κ2) is 6.80. The predicted octanol–water partition coefficient (Wildman–Crippen LogP) is 3.43. The lowest BCUT2D eigenvalue weighted by Crippen LogP contribution is -2.08. The number of hydrogen-bond acceptors (Lipinski definition) is 4. The molecule has 122 valence electrons. The molecular formula is C17H16ClN5O. The normalized spacial score (nSPS) is 10.6. The number of benzene rings is 1. The predicted molar refractivity (Wildman–Crippen MR) is 93.9 cm³/mol. The summed E-state index contributed by atoms with van der Waals surface area (Å²) in [6.45, 7) is 4.37. The Morgan fingerprint density at radius 3 is 2.67 bits per heavy atom. The number of nitrogens with zero attached hydrogens (tertiary/aromatic N) is 4. The Morgan fingerprint density at radius 1 is 1.21 bits per heavy atom. The molecule has 2 aromatic heterocycles. The molecule has 7 heteroatoms. The van der Waals surface area contributed by atoms with Crippen molar-refractivity contribution in [1.29, 1.82) is 0 Å². The van der Waals surface area contributed by atoms with E-state index < -0.39 is 0 Å². The van der Waals surface area contributed by atoms with Crippen LogP contribution in [-0.4, -0.2) is 25.4 Å². The van der Waals surface area contributed by atoms with Gasteiger partial charge in [-0.25, -0.2) is 15.0 Å². The van der Waals surface area contributed by atoms with Gasteiger partial charge in [-0.2, -0.15) is 0 Å². The topological polar surface area (TPSA) is 72.7 Å². The number of imidazole rings is 1. The van der Waals surface area contributed by atoms with Gasteiger partial charge in [0.05, 0.1) is 12.9 Å². The standard InChI is InChI=1S/C17H16ClN5O/c1-11(2)7-14(24)22-13-5-3-12(4-6-13)8-23-10-21-15-16(18)19-9-20-17(15)23/h3-7,9-10H,8H2,1-2H3,(H,22,24). The van der Waals surface area contributed by atoms with Crippen LogP contribution in [0.3, 0.4) is 0 Å². The van der Waals surface area contributed by atoms with Crippen LogP contribution in [0.4, 0.5) is 5.69 Å². The minimum atomic E-state index is -0.130. The maximum Gasteiger partial charge on any atom is 0.248 e. The Labute approximate surface area is 144 Å². The molecule has 0 fully saturated rings. The maximum absolute atomic E-state index is 11.7. The van der Waals surface area contributed by atoms with E-state index in [0.717, 1.165) is 16.8 Å².